The average Bonchev–Trinajstić information content (AvgIpc) is 3.09. The van der Waals surface area contributed by atoms with Crippen molar-refractivity contribution >= 4 is 62.4 Å². The van der Waals surface area contributed by atoms with Crippen molar-refractivity contribution in [3.05, 3.63) is 57.4 Å². The molecule has 200 valence electrons. The van der Waals surface area contributed by atoms with Crippen molar-refractivity contribution in [1.82, 2.24) is 9.80 Å². The Balaban J connectivity index is 1.43. The van der Waals surface area contributed by atoms with Crippen molar-refractivity contribution in [2.45, 2.75) is 25.7 Å². The van der Waals surface area contributed by atoms with E-state index in [0.717, 1.165) is 42.3 Å². The maximum atomic E-state index is 13.0. The number of benzene rings is 2. The number of rotatable bonds is 8. The van der Waals surface area contributed by atoms with Gasteiger partial charge in [0.05, 0.1) is 12.0 Å². The van der Waals surface area contributed by atoms with Crippen LogP contribution in [0.4, 0.5) is 10.5 Å². The molecule has 2 saturated heterocycles. The van der Waals surface area contributed by atoms with E-state index in [-0.39, 0.29) is 29.9 Å². The first-order valence-electron chi connectivity index (χ1n) is 12.2. The van der Waals surface area contributed by atoms with Crippen molar-refractivity contribution in [3.8, 4) is 11.5 Å². The van der Waals surface area contributed by atoms with Crippen molar-refractivity contribution in [2.75, 3.05) is 38.7 Å². The Morgan fingerprint density at radius 2 is 1.76 bits per heavy atom. The van der Waals surface area contributed by atoms with E-state index >= 15 is 0 Å². The van der Waals surface area contributed by atoms with Crippen LogP contribution >= 0.6 is 27.7 Å². The van der Waals surface area contributed by atoms with Crippen LogP contribution in [0.3, 0.4) is 0 Å². The molecule has 1 N–H and O–H groups in total. The van der Waals surface area contributed by atoms with Crippen LogP contribution in [-0.2, 0) is 14.4 Å². The highest BCUT2D eigenvalue weighted by atomic mass is 79.9. The second kappa shape index (κ2) is 13.0. The second-order valence-corrected chi connectivity index (χ2v) is 10.6. The second-order valence-electron chi connectivity index (χ2n) is 8.79. The number of hydrogen-bond acceptors (Lipinski definition) is 7. The predicted molar refractivity (Wildman–Crippen MR) is 149 cm³/mol. The molecule has 2 fully saturated rings. The minimum atomic E-state index is -0.507. The number of halogens is 1. The van der Waals surface area contributed by atoms with Crippen LogP contribution in [0.2, 0.25) is 0 Å². The van der Waals surface area contributed by atoms with Crippen LogP contribution in [-0.4, -0.2) is 66.1 Å². The summed E-state index contributed by atoms with van der Waals surface area (Å²) in [7, 11) is 1.46. The molecular weight excluding hydrogens is 574 g/mol. The van der Waals surface area contributed by atoms with Crippen LogP contribution in [0.1, 0.15) is 31.2 Å². The van der Waals surface area contributed by atoms with E-state index in [1.165, 1.54) is 7.11 Å². The Hall–Kier alpha value is -3.31. The van der Waals surface area contributed by atoms with E-state index in [2.05, 4.69) is 21.2 Å². The molecule has 2 aliphatic rings. The van der Waals surface area contributed by atoms with Gasteiger partial charge >= 0.3 is 0 Å². The normalized spacial score (nSPS) is 16.9. The maximum absolute atomic E-state index is 13.0. The summed E-state index contributed by atoms with van der Waals surface area (Å²) in [4.78, 5) is 53.5. The van der Waals surface area contributed by atoms with Crippen LogP contribution < -0.4 is 14.8 Å². The fourth-order valence-corrected chi connectivity index (χ4v) is 5.39. The van der Waals surface area contributed by atoms with Crippen molar-refractivity contribution in [3.63, 3.8) is 0 Å². The molecule has 0 unspecified atom stereocenters. The number of nitrogens with one attached hydrogen (secondary N) is 1. The van der Waals surface area contributed by atoms with Crippen LogP contribution in [0.15, 0.2) is 51.8 Å². The van der Waals surface area contributed by atoms with Gasteiger partial charge in [0.2, 0.25) is 5.91 Å². The molecule has 38 heavy (non-hydrogen) atoms. The van der Waals surface area contributed by atoms with Gasteiger partial charge in [-0.25, -0.2) is 0 Å². The Labute approximate surface area is 233 Å². The number of thioether (sulfide) groups is 1. The Morgan fingerprint density at radius 3 is 2.45 bits per heavy atom. The molecule has 2 heterocycles. The van der Waals surface area contributed by atoms with E-state index in [9.17, 15) is 19.2 Å². The third kappa shape index (κ3) is 6.96. The summed E-state index contributed by atoms with van der Waals surface area (Å²) in [6.45, 7) is 0.811. The van der Waals surface area contributed by atoms with Gasteiger partial charge in [-0.05, 0) is 60.5 Å². The summed E-state index contributed by atoms with van der Waals surface area (Å²) in [5, 5.41) is 2.27. The average molecular weight is 603 g/mol. The number of carbonyl (C=O) groups excluding carboxylic acids is 4. The molecule has 0 aromatic heterocycles. The molecule has 4 amide bonds. The number of para-hydroxylation sites is 1. The van der Waals surface area contributed by atoms with Crippen LogP contribution in [0.5, 0.6) is 11.5 Å². The van der Waals surface area contributed by atoms with E-state index in [0.29, 0.717) is 40.3 Å². The molecule has 0 spiro atoms. The number of ether oxygens (including phenoxy) is 2. The standard InChI is InChI=1S/C27H28BrN3O6S/c1-36-21-13-18(20(28)15-22(21)37-17-24(32)29-19-9-5-4-6-10-19)14-23-26(34)31(27(35)38-23)16-25(33)30-11-7-2-3-8-12-30/h4-6,9-10,13-15H,2-3,7-8,11-12,16-17H2,1H3,(H,29,32). The zero-order valence-electron chi connectivity index (χ0n) is 20.9. The first-order chi connectivity index (χ1) is 18.4. The zero-order valence-corrected chi connectivity index (χ0v) is 23.3. The molecular formula is C27H28BrN3O6S. The lowest BCUT2D eigenvalue weighted by atomic mass is 10.2. The quantitative estimate of drug-likeness (QED) is 0.428. The third-order valence-electron chi connectivity index (χ3n) is 6.11. The van der Waals surface area contributed by atoms with Gasteiger partial charge in [-0.3, -0.25) is 24.1 Å². The minimum absolute atomic E-state index is 0.206. The number of amides is 4. The lowest BCUT2D eigenvalue weighted by Crippen LogP contribution is -2.42. The smallest absolute Gasteiger partial charge is 0.294 e. The number of nitrogens with zero attached hydrogens (tertiary/aromatic N) is 2. The zero-order chi connectivity index (χ0) is 27.1. The topological polar surface area (TPSA) is 105 Å². The molecule has 11 heteroatoms. The highest BCUT2D eigenvalue weighted by molar-refractivity contribution is 9.10. The summed E-state index contributed by atoms with van der Waals surface area (Å²) in [5.74, 6) is -0.372. The number of imide groups is 1. The fraction of sp³-hybridized carbons (Fsp3) is 0.333. The predicted octanol–water partition coefficient (Wildman–Crippen LogP) is 4.91. The Bertz CT molecular complexity index is 1240. The van der Waals surface area contributed by atoms with Gasteiger partial charge in [0, 0.05) is 23.2 Å². The number of likely N-dealkylation sites (tertiary alicyclic amines) is 1. The van der Waals surface area contributed by atoms with Gasteiger partial charge in [-0.2, -0.15) is 0 Å². The molecule has 4 rings (SSSR count). The van der Waals surface area contributed by atoms with Crippen LogP contribution in [0.25, 0.3) is 6.08 Å². The lowest BCUT2D eigenvalue weighted by molar-refractivity contribution is -0.135. The summed E-state index contributed by atoms with van der Waals surface area (Å²) >= 11 is 4.26. The third-order valence-corrected chi connectivity index (χ3v) is 7.71. The maximum Gasteiger partial charge on any atom is 0.294 e. The van der Waals surface area contributed by atoms with E-state index in [1.54, 1.807) is 35.2 Å². The van der Waals surface area contributed by atoms with Gasteiger partial charge in [-0.1, -0.05) is 47.0 Å². The Kier molecular flexibility index (Phi) is 9.46. The number of methoxy groups -OCH3 is 1. The Morgan fingerprint density at radius 1 is 1.05 bits per heavy atom. The van der Waals surface area contributed by atoms with Gasteiger partial charge in [0.15, 0.2) is 18.1 Å². The van der Waals surface area contributed by atoms with Gasteiger partial charge in [0.1, 0.15) is 6.54 Å². The number of hydrogen-bond donors (Lipinski definition) is 1. The van der Waals surface area contributed by atoms with Gasteiger partial charge in [0.25, 0.3) is 17.1 Å². The van der Waals surface area contributed by atoms with E-state index in [4.69, 9.17) is 9.47 Å². The molecule has 2 aromatic carbocycles. The van der Waals surface area contributed by atoms with E-state index < -0.39 is 11.1 Å². The SMILES string of the molecule is COc1cc(C=C2SC(=O)N(CC(=O)N3CCCCCC3)C2=O)c(Br)cc1OCC(=O)Nc1ccccc1. The molecule has 9 nitrogen and oxygen atoms in total. The van der Waals surface area contributed by atoms with Crippen molar-refractivity contribution in [1.29, 1.82) is 0 Å². The molecule has 0 atom stereocenters. The molecule has 2 aliphatic heterocycles. The number of carbonyl (C=O) groups is 4. The molecule has 0 saturated carbocycles. The first kappa shape index (κ1) is 27.7. The molecule has 0 radical (unpaired) electrons. The molecule has 0 bridgehead atoms. The van der Waals surface area contributed by atoms with Crippen molar-refractivity contribution in [2.24, 2.45) is 0 Å². The van der Waals surface area contributed by atoms with Crippen molar-refractivity contribution < 1.29 is 28.7 Å². The summed E-state index contributed by atoms with van der Waals surface area (Å²) < 4.78 is 11.7. The van der Waals surface area contributed by atoms with Crippen LogP contribution in [0, 0.1) is 0 Å². The van der Waals surface area contributed by atoms with Gasteiger partial charge < -0.3 is 19.7 Å². The monoisotopic (exact) mass is 601 g/mol. The lowest BCUT2D eigenvalue weighted by Gasteiger charge is -2.22. The van der Waals surface area contributed by atoms with Gasteiger partial charge in [-0.15, -0.1) is 0 Å². The fourth-order valence-electron chi connectivity index (χ4n) is 4.13. The summed E-state index contributed by atoms with van der Waals surface area (Å²) in [6, 6.07) is 12.3. The number of anilines is 1. The minimum Gasteiger partial charge on any atom is -0.493 e. The van der Waals surface area contributed by atoms with E-state index in [1.807, 2.05) is 18.2 Å². The highest BCUT2D eigenvalue weighted by Gasteiger charge is 2.37. The summed E-state index contributed by atoms with van der Waals surface area (Å²) in [5.41, 5.74) is 1.24. The molecule has 2 aromatic rings. The summed E-state index contributed by atoms with van der Waals surface area (Å²) in [6.07, 6.45) is 5.59. The molecule has 0 aliphatic carbocycles. The first-order valence-corrected chi connectivity index (χ1v) is 13.8. The largest absolute Gasteiger partial charge is 0.493 e. The highest BCUT2D eigenvalue weighted by Crippen LogP contribution is 2.38.